The number of hydrogen-bond acceptors (Lipinski definition) is 4. The zero-order chi connectivity index (χ0) is 21.0. The first-order valence-corrected chi connectivity index (χ1v) is 11.3. The first kappa shape index (κ1) is 21.6. The van der Waals surface area contributed by atoms with E-state index in [2.05, 4.69) is 5.32 Å². The van der Waals surface area contributed by atoms with E-state index in [0.717, 1.165) is 11.1 Å². The molecule has 1 aliphatic heterocycles. The molecule has 0 aromatic heterocycles. The van der Waals surface area contributed by atoms with Gasteiger partial charge >= 0.3 is 0 Å². The summed E-state index contributed by atoms with van der Waals surface area (Å²) in [6, 6.07) is 12.4. The smallest absolute Gasteiger partial charge is 0.246 e. The second-order valence-electron chi connectivity index (χ2n) is 7.20. The lowest BCUT2D eigenvalue weighted by atomic mass is 9.98. The van der Waals surface area contributed by atoms with Gasteiger partial charge in [0.25, 0.3) is 0 Å². The van der Waals surface area contributed by atoms with Crippen molar-refractivity contribution in [3.8, 4) is 5.75 Å². The predicted octanol–water partition coefficient (Wildman–Crippen LogP) is 3.37. The molecule has 156 valence electrons. The molecule has 0 unspecified atom stereocenters. The van der Waals surface area contributed by atoms with Crippen LogP contribution in [0.25, 0.3) is 0 Å². The molecule has 1 aliphatic rings. The molecule has 1 saturated heterocycles. The van der Waals surface area contributed by atoms with Crippen LogP contribution >= 0.6 is 11.6 Å². The Balaban J connectivity index is 1.70. The minimum absolute atomic E-state index is 0.0215. The molecule has 0 aliphatic carbocycles. The highest BCUT2D eigenvalue weighted by molar-refractivity contribution is 7.89. The van der Waals surface area contributed by atoms with Crippen molar-refractivity contribution in [1.82, 2.24) is 9.62 Å². The summed E-state index contributed by atoms with van der Waals surface area (Å²) in [5.41, 5.74) is 2.16. The third kappa shape index (κ3) is 5.10. The molecule has 29 heavy (non-hydrogen) atoms. The Bertz CT molecular complexity index is 977. The van der Waals surface area contributed by atoms with E-state index < -0.39 is 15.9 Å². The van der Waals surface area contributed by atoms with Gasteiger partial charge in [-0.05, 0) is 43.5 Å². The van der Waals surface area contributed by atoms with Crippen molar-refractivity contribution in [3.63, 3.8) is 0 Å². The maximum atomic E-state index is 13.2. The van der Waals surface area contributed by atoms with Crippen LogP contribution < -0.4 is 10.1 Å². The zero-order valence-electron chi connectivity index (χ0n) is 16.5. The standard InChI is InChI=1S/C21H25ClN2O4S/c1-15-5-7-16(8-6-15)13-23-21(25)17-4-3-11-24(14-17)29(26,27)20-12-18(22)9-10-19(20)28-2/h5-10,12,17H,3-4,11,13-14H2,1-2H3,(H,23,25)/t17-/m0/s1. The van der Waals surface area contributed by atoms with Gasteiger partial charge in [0, 0.05) is 24.7 Å². The van der Waals surface area contributed by atoms with E-state index in [1.54, 1.807) is 6.07 Å². The number of piperidine rings is 1. The van der Waals surface area contributed by atoms with Crippen molar-refractivity contribution in [1.29, 1.82) is 0 Å². The number of methoxy groups -OCH3 is 1. The molecule has 1 amide bonds. The Morgan fingerprint density at radius 1 is 1.24 bits per heavy atom. The molecule has 0 bridgehead atoms. The third-order valence-corrected chi connectivity index (χ3v) is 7.21. The van der Waals surface area contributed by atoms with E-state index >= 15 is 0 Å². The zero-order valence-corrected chi connectivity index (χ0v) is 18.1. The fraction of sp³-hybridized carbons (Fsp3) is 0.381. The number of aryl methyl sites for hydroxylation is 1. The quantitative estimate of drug-likeness (QED) is 0.753. The summed E-state index contributed by atoms with van der Waals surface area (Å²) in [7, 11) is -2.41. The molecule has 0 spiro atoms. The number of carbonyl (C=O) groups excluding carboxylic acids is 1. The van der Waals surface area contributed by atoms with Gasteiger partial charge in [0.05, 0.1) is 13.0 Å². The maximum absolute atomic E-state index is 13.2. The van der Waals surface area contributed by atoms with E-state index in [9.17, 15) is 13.2 Å². The van der Waals surface area contributed by atoms with Gasteiger partial charge in [-0.2, -0.15) is 4.31 Å². The van der Waals surface area contributed by atoms with Gasteiger partial charge < -0.3 is 10.1 Å². The summed E-state index contributed by atoms with van der Waals surface area (Å²) in [5, 5.41) is 3.24. The highest BCUT2D eigenvalue weighted by atomic mass is 35.5. The highest BCUT2D eigenvalue weighted by Crippen LogP contribution is 2.32. The second kappa shape index (κ2) is 9.15. The number of rotatable bonds is 6. The molecule has 0 radical (unpaired) electrons. The minimum Gasteiger partial charge on any atom is -0.495 e. The Hall–Kier alpha value is -2.09. The number of nitrogens with one attached hydrogen (secondary N) is 1. The molecule has 8 heteroatoms. The van der Waals surface area contributed by atoms with Crippen LogP contribution in [-0.2, 0) is 21.4 Å². The molecule has 1 N–H and O–H groups in total. The summed E-state index contributed by atoms with van der Waals surface area (Å²) >= 11 is 6.00. The first-order chi connectivity index (χ1) is 13.8. The Morgan fingerprint density at radius 2 is 1.97 bits per heavy atom. The number of nitrogens with zero attached hydrogens (tertiary/aromatic N) is 1. The van der Waals surface area contributed by atoms with Crippen LogP contribution in [0.2, 0.25) is 5.02 Å². The number of hydrogen-bond donors (Lipinski definition) is 1. The SMILES string of the molecule is COc1ccc(Cl)cc1S(=O)(=O)N1CCC[C@H](C(=O)NCc2ccc(C)cc2)C1. The van der Waals surface area contributed by atoms with E-state index in [4.69, 9.17) is 16.3 Å². The number of carbonyl (C=O) groups is 1. The Labute approximate surface area is 176 Å². The largest absolute Gasteiger partial charge is 0.495 e. The fourth-order valence-corrected chi connectivity index (χ4v) is 5.35. The van der Waals surface area contributed by atoms with Crippen molar-refractivity contribution in [2.45, 2.75) is 31.2 Å². The van der Waals surface area contributed by atoms with Gasteiger partial charge in [-0.25, -0.2) is 8.42 Å². The van der Waals surface area contributed by atoms with Crippen molar-refractivity contribution in [2.75, 3.05) is 20.2 Å². The summed E-state index contributed by atoms with van der Waals surface area (Å²) in [5.74, 6) is -0.293. The van der Waals surface area contributed by atoms with E-state index in [-0.39, 0.29) is 23.1 Å². The van der Waals surface area contributed by atoms with Crippen LogP contribution in [0.3, 0.4) is 0 Å². The molecule has 2 aromatic carbocycles. The van der Waals surface area contributed by atoms with Crippen LogP contribution in [0.15, 0.2) is 47.4 Å². The highest BCUT2D eigenvalue weighted by Gasteiger charge is 2.34. The monoisotopic (exact) mass is 436 g/mol. The summed E-state index contributed by atoms with van der Waals surface area (Å²) < 4.78 is 32.9. The average Bonchev–Trinajstić information content (AvgIpc) is 2.73. The van der Waals surface area contributed by atoms with Gasteiger partial charge in [0.1, 0.15) is 10.6 Å². The number of halogens is 1. The van der Waals surface area contributed by atoms with Crippen molar-refractivity contribution < 1.29 is 17.9 Å². The molecular weight excluding hydrogens is 412 g/mol. The molecule has 2 aromatic rings. The summed E-state index contributed by atoms with van der Waals surface area (Å²) in [4.78, 5) is 12.7. The van der Waals surface area contributed by atoms with Crippen LogP contribution in [0, 0.1) is 12.8 Å². The Kier molecular flexibility index (Phi) is 6.82. The summed E-state index contributed by atoms with van der Waals surface area (Å²) in [6.45, 7) is 2.93. The molecule has 3 rings (SSSR count). The van der Waals surface area contributed by atoms with E-state index in [1.807, 2.05) is 31.2 Å². The van der Waals surface area contributed by atoms with Crippen LogP contribution in [0.4, 0.5) is 0 Å². The number of sulfonamides is 1. The number of ether oxygens (including phenoxy) is 1. The third-order valence-electron chi connectivity index (χ3n) is 5.09. The van der Waals surface area contributed by atoms with E-state index in [0.29, 0.717) is 31.0 Å². The lowest BCUT2D eigenvalue weighted by Crippen LogP contribution is -2.45. The lowest BCUT2D eigenvalue weighted by molar-refractivity contribution is -0.126. The summed E-state index contributed by atoms with van der Waals surface area (Å²) in [6.07, 6.45) is 1.27. The molecule has 1 atom stereocenters. The van der Waals surface area contributed by atoms with Gasteiger partial charge in [-0.3, -0.25) is 4.79 Å². The molecular formula is C21H25ClN2O4S. The van der Waals surface area contributed by atoms with Crippen LogP contribution in [0.5, 0.6) is 5.75 Å². The van der Waals surface area contributed by atoms with Gasteiger partial charge in [-0.15, -0.1) is 0 Å². The van der Waals surface area contributed by atoms with E-state index in [1.165, 1.54) is 23.5 Å². The van der Waals surface area contributed by atoms with Crippen molar-refractivity contribution in [2.24, 2.45) is 5.92 Å². The average molecular weight is 437 g/mol. The molecule has 0 saturated carbocycles. The topological polar surface area (TPSA) is 75.7 Å². The van der Waals surface area contributed by atoms with Crippen LogP contribution in [0.1, 0.15) is 24.0 Å². The fourth-order valence-electron chi connectivity index (χ4n) is 3.41. The predicted molar refractivity (Wildman–Crippen MR) is 113 cm³/mol. The van der Waals surface area contributed by atoms with Crippen LogP contribution in [-0.4, -0.2) is 38.8 Å². The number of amides is 1. The second-order valence-corrected chi connectivity index (χ2v) is 9.54. The number of benzene rings is 2. The molecule has 1 heterocycles. The molecule has 1 fully saturated rings. The van der Waals surface area contributed by atoms with Gasteiger partial charge in [-0.1, -0.05) is 41.4 Å². The van der Waals surface area contributed by atoms with Gasteiger partial charge in [0.15, 0.2) is 0 Å². The normalized spacial score (nSPS) is 17.7. The first-order valence-electron chi connectivity index (χ1n) is 9.48. The van der Waals surface area contributed by atoms with Crippen molar-refractivity contribution >= 4 is 27.5 Å². The Morgan fingerprint density at radius 3 is 2.66 bits per heavy atom. The van der Waals surface area contributed by atoms with Crippen molar-refractivity contribution in [3.05, 3.63) is 58.6 Å². The lowest BCUT2D eigenvalue weighted by Gasteiger charge is -2.31. The molecule has 6 nitrogen and oxygen atoms in total. The van der Waals surface area contributed by atoms with Gasteiger partial charge in [0.2, 0.25) is 15.9 Å². The minimum atomic E-state index is -3.82. The maximum Gasteiger partial charge on any atom is 0.246 e.